The lowest BCUT2D eigenvalue weighted by Gasteiger charge is -2.03. The Labute approximate surface area is 93.0 Å². The maximum atomic E-state index is 11.4. The van der Waals surface area contributed by atoms with E-state index >= 15 is 0 Å². The molecule has 0 aromatic carbocycles. The fourth-order valence-electron chi connectivity index (χ4n) is 1.10. The molecule has 0 saturated heterocycles. The third-order valence-corrected chi connectivity index (χ3v) is 1.94. The van der Waals surface area contributed by atoms with Gasteiger partial charge in [-0.3, -0.25) is 14.4 Å². The largest absolute Gasteiger partial charge is 0.326 e. The zero-order chi connectivity index (χ0) is 11.8. The molecule has 1 aromatic heterocycles. The van der Waals surface area contributed by atoms with E-state index in [0.29, 0.717) is 6.61 Å². The van der Waals surface area contributed by atoms with Crippen LogP contribution < -0.4 is 11.0 Å². The number of unbranched alkanes of at least 4 members (excludes halogenated alkanes) is 2. The molecular weight excluding hydrogens is 210 g/mol. The molecule has 88 valence electrons. The minimum Gasteiger partial charge on any atom is -0.326 e. The Kier molecular flexibility index (Phi) is 5.21. The van der Waals surface area contributed by atoms with Crippen LogP contribution in [0.15, 0.2) is 17.2 Å². The Balaban J connectivity index is 2.36. The number of aromatic amines is 1. The van der Waals surface area contributed by atoms with Gasteiger partial charge in [-0.25, -0.2) is 10.5 Å². The molecule has 16 heavy (non-hydrogen) atoms. The van der Waals surface area contributed by atoms with Gasteiger partial charge >= 0.3 is 0 Å². The topological polar surface area (TPSA) is 84.1 Å². The molecule has 0 fully saturated rings. The van der Waals surface area contributed by atoms with Crippen molar-refractivity contribution in [3.63, 3.8) is 0 Å². The van der Waals surface area contributed by atoms with E-state index in [0.717, 1.165) is 19.3 Å². The Morgan fingerprint density at radius 3 is 3.06 bits per heavy atom. The van der Waals surface area contributed by atoms with Gasteiger partial charge in [-0.1, -0.05) is 19.8 Å². The molecule has 0 unspecified atom stereocenters. The molecule has 1 amide bonds. The van der Waals surface area contributed by atoms with E-state index in [4.69, 9.17) is 4.84 Å². The monoisotopic (exact) mass is 225 g/mol. The van der Waals surface area contributed by atoms with Crippen LogP contribution in [0.2, 0.25) is 0 Å². The first-order valence-electron chi connectivity index (χ1n) is 5.21. The summed E-state index contributed by atoms with van der Waals surface area (Å²) in [6.07, 6.45) is 5.70. The van der Waals surface area contributed by atoms with E-state index < -0.39 is 11.5 Å². The summed E-state index contributed by atoms with van der Waals surface area (Å²) in [5.41, 5.74) is 1.45. The number of hydrogen-bond donors (Lipinski definition) is 2. The van der Waals surface area contributed by atoms with Crippen molar-refractivity contribution >= 4 is 5.91 Å². The van der Waals surface area contributed by atoms with E-state index in [1.165, 1.54) is 12.4 Å². The average molecular weight is 225 g/mol. The molecule has 6 heteroatoms. The number of carbonyl (C=O) groups excluding carboxylic acids is 1. The summed E-state index contributed by atoms with van der Waals surface area (Å²) < 4.78 is 0. The molecule has 1 rings (SSSR count). The number of carbonyl (C=O) groups is 1. The highest BCUT2D eigenvalue weighted by molar-refractivity contribution is 5.90. The standard InChI is InChI=1S/C10H15N3O3/c1-2-3-4-7-16-13-10(15)8-9(14)12-6-5-11-8/h5-6H,2-4,7H2,1H3,(H,12,14)(H,13,15). The van der Waals surface area contributed by atoms with Crippen LogP contribution in [0, 0.1) is 0 Å². The number of hydroxylamine groups is 1. The van der Waals surface area contributed by atoms with Crippen LogP contribution in [0.5, 0.6) is 0 Å². The Hall–Kier alpha value is -1.69. The molecule has 0 bridgehead atoms. The number of aromatic nitrogens is 2. The minimum absolute atomic E-state index is 0.196. The summed E-state index contributed by atoms with van der Waals surface area (Å²) in [6, 6.07) is 0. The summed E-state index contributed by atoms with van der Waals surface area (Å²) in [5, 5.41) is 0. The molecule has 0 radical (unpaired) electrons. The second-order valence-electron chi connectivity index (χ2n) is 3.25. The molecule has 1 heterocycles. The Morgan fingerprint density at radius 1 is 1.56 bits per heavy atom. The quantitative estimate of drug-likeness (QED) is 0.549. The lowest BCUT2D eigenvalue weighted by atomic mass is 10.3. The highest BCUT2D eigenvalue weighted by Gasteiger charge is 2.10. The van der Waals surface area contributed by atoms with E-state index in [1.807, 2.05) is 0 Å². The predicted molar refractivity (Wildman–Crippen MR) is 57.8 cm³/mol. The molecular formula is C10H15N3O3. The van der Waals surface area contributed by atoms with E-state index in [1.54, 1.807) is 0 Å². The van der Waals surface area contributed by atoms with Crippen molar-refractivity contribution < 1.29 is 9.63 Å². The Bertz CT molecular complexity index is 389. The van der Waals surface area contributed by atoms with Gasteiger partial charge in [0.25, 0.3) is 11.5 Å². The van der Waals surface area contributed by atoms with Crippen LogP contribution in [0.3, 0.4) is 0 Å². The van der Waals surface area contributed by atoms with Gasteiger partial charge in [-0.05, 0) is 6.42 Å². The van der Waals surface area contributed by atoms with Crippen molar-refractivity contribution in [1.29, 1.82) is 0 Å². The lowest BCUT2D eigenvalue weighted by Crippen LogP contribution is -2.31. The van der Waals surface area contributed by atoms with Gasteiger partial charge in [0.15, 0.2) is 5.69 Å². The van der Waals surface area contributed by atoms with Crippen LogP contribution in [0.1, 0.15) is 36.7 Å². The third kappa shape index (κ3) is 3.82. The first-order chi connectivity index (χ1) is 7.75. The highest BCUT2D eigenvalue weighted by Crippen LogP contribution is 1.93. The molecule has 0 spiro atoms. The van der Waals surface area contributed by atoms with Crippen LogP contribution >= 0.6 is 0 Å². The SMILES string of the molecule is CCCCCONC(=O)c1ncc[nH]c1=O. The molecule has 6 nitrogen and oxygen atoms in total. The number of hydrogen-bond acceptors (Lipinski definition) is 4. The first kappa shape index (κ1) is 12.4. The third-order valence-electron chi connectivity index (χ3n) is 1.94. The molecule has 0 aliphatic rings. The second-order valence-corrected chi connectivity index (χ2v) is 3.25. The normalized spacial score (nSPS) is 10.1. The van der Waals surface area contributed by atoms with Crippen molar-refractivity contribution in [2.45, 2.75) is 26.2 Å². The van der Waals surface area contributed by atoms with Crippen molar-refractivity contribution in [3.8, 4) is 0 Å². The van der Waals surface area contributed by atoms with E-state index in [2.05, 4.69) is 22.4 Å². The van der Waals surface area contributed by atoms with Crippen LogP contribution in [-0.4, -0.2) is 22.5 Å². The zero-order valence-electron chi connectivity index (χ0n) is 9.16. The predicted octanol–water partition coefficient (Wildman–Crippen LogP) is 0.622. The summed E-state index contributed by atoms with van der Waals surface area (Å²) >= 11 is 0. The van der Waals surface area contributed by atoms with Gasteiger partial charge in [-0.15, -0.1) is 0 Å². The number of nitrogens with one attached hydrogen (secondary N) is 2. The van der Waals surface area contributed by atoms with E-state index in [9.17, 15) is 9.59 Å². The Morgan fingerprint density at radius 2 is 2.38 bits per heavy atom. The fraction of sp³-hybridized carbons (Fsp3) is 0.500. The van der Waals surface area contributed by atoms with Crippen molar-refractivity contribution in [1.82, 2.24) is 15.4 Å². The van der Waals surface area contributed by atoms with Crippen molar-refractivity contribution in [2.75, 3.05) is 6.61 Å². The van der Waals surface area contributed by atoms with Crippen molar-refractivity contribution in [2.24, 2.45) is 0 Å². The summed E-state index contributed by atoms with van der Waals surface area (Å²) in [6.45, 7) is 2.51. The van der Waals surface area contributed by atoms with E-state index in [-0.39, 0.29) is 5.69 Å². The average Bonchev–Trinajstić information content (AvgIpc) is 2.29. The van der Waals surface area contributed by atoms with Gasteiger partial charge in [-0.2, -0.15) is 0 Å². The van der Waals surface area contributed by atoms with Crippen LogP contribution in [0.4, 0.5) is 0 Å². The van der Waals surface area contributed by atoms with Crippen LogP contribution in [0.25, 0.3) is 0 Å². The highest BCUT2D eigenvalue weighted by atomic mass is 16.6. The van der Waals surface area contributed by atoms with Gasteiger partial charge in [0, 0.05) is 12.4 Å². The number of amides is 1. The summed E-state index contributed by atoms with van der Waals surface area (Å²) in [5.74, 6) is -0.627. The summed E-state index contributed by atoms with van der Waals surface area (Å²) in [4.78, 5) is 33.5. The lowest BCUT2D eigenvalue weighted by molar-refractivity contribution is 0.0293. The fourth-order valence-corrected chi connectivity index (χ4v) is 1.10. The van der Waals surface area contributed by atoms with Gasteiger partial charge in [0.2, 0.25) is 0 Å². The molecule has 0 aliphatic heterocycles. The van der Waals surface area contributed by atoms with Crippen LogP contribution in [-0.2, 0) is 4.84 Å². The molecule has 1 aromatic rings. The second kappa shape index (κ2) is 6.73. The smallest absolute Gasteiger partial charge is 0.299 e. The first-order valence-corrected chi connectivity index (χ1v) is 5.21. The maximum absolute atomic E-state index is 11.4. The molecule has 2 N–H and O–H groups in total. The maximum Gasteiger partial charge on any atom is 0.299 e. The van der Waals surface area contributed by atoms with Gasteiger partial charge < -0.3 is 4.98 Å². The number of H-pyrrole nitrogens is 1. The van der Waals surface area contributed by atoms with Gasteiger partial charge in [0.1, 0.15) is 0 Å². The summed E-state index contributed by atoms with van der Waals surface area (Å²) in [7, 11) is 0. The zero-order valence-corrected chi connectivity index (χ0v) is 9.16. The minimum atomic E-state index is -0.627. The van der Waals surface area contributed by atoms with Crippen molar-refractivity contribution in [3.05, 3.63) is 28.4 Å². The number of rotatable bonds is 6. The molecule has 0 aliphatic carbocycles. The number of nitrogens with zero attached hydrogens (tertiary/aromatic N) is 1. The molecule has 0 saturated carbocycles. The van der Waals surface area contributed by atoms with Gasteiger partial charge in [0.05, 0.1) is 6.61 Å². The molecule has 0 atom stereocenters.